The summed E-state index contributed by atoms with van der Waals surface area (Å²) in [4.78, 5) is 29.9. The van der Waals surface area contributed by atoms with Crippen molar-refractivity contribution in [3.8, 4) is 17.6 Å². The van der Waals surface area contributed by atoms with Gasteiger partial charge in [0.1, 0.15) is 11.6 Å². The molecule has 0 radical (unpaired) electrons. The monoisotopic (exact) mass is 483 g/mol. The average Bonchev–Trinajstić information content (AvgIpc) is 2.87. The summed E-state index contributed by atoms with van der Waals surface area (Å²) in [6, 6.07) is 24.8. The molecule has 1 aliphatic rings. The van der Waals surface area contributed by atoms with Crippen LogP contribution in [-0.2, 0) is 9.59 Å². The first kappa shape index (κ1) is 23.7. The number of hydrogen-bond acceptors (Lipinski definition) is 6. The van der Waals surface area contributed by atoms with Gasteiger partial charge in [-0.3, -0.25) is 19.4 Å². The molecule has 1 aliphatic heterocycles. The Balaban J connectivity index is 1.81. The molecule has 35 heavy (non-hydrogen) atoms. The number of rotatable bonds is 7. The zero-order valence-corrected chi connectivity index (χ0v) is 19.7. The molecule has 0 unspecified atom stereocenters. The smallest absolute Gasteiger partial charge is 0.270 e. The summed E-state index contributed by atoms with van der Waals surface area (Å²) in [5.41, 5.74) is 1.61. The van der Waals surface area contributed by atoms with Crippen molar-refractivity contribution in [2.24, 2.45) is 0 Å². The highest BCUT2D eigenvalue weighted by Crippen LogP contribution is 2.32. The van der Waals surface area contributed by atoms with E-state index in [0.29, 0.717) is 35.0 Å². The molecule has 0 aliphatic carbocycles. The summed E-state index contributed by atoms with van der Waals surface area (Å²) in [5.74, 6) is -0.250. The Hall–Kier alpha value is -4.48. The van der Waals surface area contributed by atoms with Crippen LogP contribution in [0.1, 0.15) is 12.5 Å². The van der Waals surface area contributed by atoms with Gasteiger partial charge in [-0.1, -0.05) is 42.5 Å². The second kappa shape index (κ2) is 10.6. The molecule has 0 aromatic heterocycles. The molecule has 7 nitrogen and oxygen atoms in total. The van der Waals surface area contributed by atoms with Crippen molar-refractivity contribution in [2.75, 3.05) is 23.0 Å². The van der Waals surface area contributed by atoms with Crippen LogP contribution in [0.4, 0.5) is 11.4 Å². The summed E-state index contributed by atoms with van der Waals surface area (Å²) < 4.78 is 11.1. The highest BCUT2D eigenvalue weighted by molar-refractivity contribution is 7.81. The van der Waals surface area contributed by atoms with E-state index >= 15 is 0 Å². The second-order valence-electron chi connectivity index (χ2n) is 7.38. The molecule has 4 rings (SSSR count). The third kappa shape index (κ3) is 4.90. The Morgan fingerprint density at radius 3 is 1.94 bits per heavy atom. The molecule has 3 aromatic rings. The van der Waals surface area contributed by atoms with Gasteiger partial charge >= 0.3 is 0 Å². The lowest BCUT2D eigenvalue weighted by Gasteiger charge is -2.36. The van der Waals surface area contributed by atoms with E-state index in [1.807, 2.05) is 25.1 Å². The maximum atomic E-state index is 13.6. The maximum absolute atomic E-state index is 13.6. The molecule has 3 aromatic carbocycles. The van der Waals surface area contributed by atoms with Gasteiger partial charge in [0.2, 0.25) is 0 Å². The number of anilines is 2. The van der Waals surface area contributed by atoms with Gasteiger partial charge in [0.25, 0.3) is 11.8 Å². The van der Waals surface area contributed by atoms with E-state index in [-0.39, 0.29) is 17.3 Å². The standard InChI is InChI=1S/C27H21N3O4S/c1-2-33-24-18-19(13-14-23(24)34-16-15-28)17-22-25(31)29(20-9-5-3-6-10-20)27(35)30(26(22)32)21-11-7-4-8-12-21/h3-14,17-18H,2,16H2,1H3. The fourth-order valence-corrected chi connectivity index (χ4v) is 3.99. The van der Waals surface area contributed by atoms with Crippen LogP contribution in [0.5, 0.6) is 11.5 Å². The first-order valence-corrected chi connectivity index (χ1v) is 11.3. The van der Waals surface area contributed by atoms with Crippen molar-refractivity contribution in [3.63, 3.8) is 0 Å². The second-order valence-corrected chi connectivity index (χ2v) is 7.74. The number of nitriles is 1. The van der Waals surface area contributed by atoms with Crippen LogP contribution < -0.4 is 19.3 Å². The first-order valence-electron chi connectivity index (χ1n) is 10.9. The molecule has 0 bridgehead atoms. The van der Waals surface area contributed by atoms with Gasteiger partial charge in [-0.15, -0.1) is 0 Å². The molecule has 1 saturated heterocycles. The number of nitrogens with zero attached hydrogens (tertiary/aromatic N) is 3. The van der Waals surface area contributed by atoms with Crippen LogP contribution in [0.25, 0.3) is 6.08 Å². The van der Waals surface area contributed by atoms with E-state index < -0.39 is 11.8 Å². The molecule has 0 spiro atoms. The first-order chi connectivity index (χ1) is 17.0. The third-order valence-electron chi connectivity index (χ3n) is 5.15. The number of amides is 2. The van der Waals surface area contributed by atoms with Crippen molar-refractivity contribution in [3.05, 3.63) is 90.0 Å². The fraction of sp³-hybridized carbons (Fsp3) is 0.111. The number of carbonyl (C=O) groups is 2. The number of thiocarbonyl (C=S) groups is 1. The van der Waals surface area contributed by atoms with Crippen molar-refractivity contribution >= 4 is 46.6 Å². The highest BCUT2D eigenvalue weighted by Gasteiger charge is 2.41. The van der Waals surface area contributed by atoms with Crippen molar-refractivity contribution in [2.45, 2.75) is 6.92 Å². The van der Waals surface area contributed by atoms with Gasteiger partial charge in [-0.2, -0.15) is 5.26 Å². The van der Waals surface area contributed by atoms with E-state index in [1.165, 1.54) is 15.9 Å². The molecule has 2 amide bonds. The Kier molecular flexibility index (Phi) is 7.19. The molecule has 8 heteroatoms. The maximum Gasteiger partial charge on any atom is 0.270 e. The number of hydrogen-bond donors (Lipinski definition) is 0. The van der Waals surface area contributed by atoms with Crippen LogP contribution >= 0.6 is 12.2 Å². The van der Waals surface area contributed by atoms with Crippen molar-refractivity contribution in [1.29, 1.82) is 5.26 Å². The highest BCUT2D eigenvalue weighted by atomic mass is 32.1. The van der Waals surface area contributed by atoms with Crippen molar-refractivity contribution in [1.82, 2.24) is 0 Å². The van der Waals surface area contributed by atoms with Crippen LogP contribution in [0, 0.1) is 11.3 Å². The predicted molar refractivity (Wildman–Crippen MR) is 137 cm³/mol. The summed E-state index contributed by atoms with van der Waals surface area (Å²) in [6.07, 6.45) is 1.51. The van der Waals surface area contributed by atoms with Crippen LogP contribution in [-0.4, -0.2) is 30.1 Å². The zero-order chi connectivity index (χ0) is 24.8. The SMILES string of the molecule is CCOc1cc(C=C2C(=O)N(c3ccccc3)C(=S)N(c3ccccc3)C2=O)ccc1OCC#N. The zero-order valence-electron chi connectivity index (χ0n) is 18.9. The van der Waals surface area contributed by atoms with Gasteiger partial charge < -0.3 is 9.47 Å². The molecular formula is C27H21N3O4S. The normalized spacial score (nSPS) is 13.5. The van der Waals surface area contributed by atoms with E-state index in [4.69, 9.17) is 27.0 Å². The van der Waals surface area contributed by atoms with Crippen LogP contribution in [0.2, 0.25) is 0 Å². The largest absolute Gasteiger partial charge is 0.490 e. The minimum Gasteiger partial charge on any atom is -0.490 e. The van der Waals surface area contributed by atoms with E-state index in [9.17, 15) is 9.59 Å². The van der Waals surface area contributed by atoms with E-state index in [1.54, 1.807) is 66.7 Å². The molecular weight excluding hydrogens is 462 g/mol. The summed E-state index contributed by atoms with van der Waals surface area (Å²) in [7, 11) is 0. The summed E-state index contributed by atoms with van der Waals surface area (Å²) >= 11 is 5.62. The lowest BCUT2D eigenvalue weighted by atomic mass is 10.0. The van der Waals surface area contributed by atoms with Crippen LogP contribution in [0.15, 0.2) is 84.4 Å². The summed E-state index contributed by atoms with van der Waals surface area (Å²) in [6.45, 7) is 2.06. The van der Waals surface area contributed by atoms with Crippen molar-refractivity contribution < 1.29 is 19.1 Å². The fourth-order valence-electron chi connectivity index (χ4n) is 3.62. The molecule has 0 N–H and O–H groups in total. The topological polar surface area (TPSA) is 82.9 Å². The van der Waals surface area contributed by atoms with E-state index in [2.05, 4.69) is 0 Å². The van der Waals surface area contributed by atoms with Gasteiger partial charge in [0.15, 0.2) is 23.2 Å². The van der Waals surface area contributed by atoms with Gasteiger partial charge in [-0.05, 0) is 67.2 Å². The molecule has 1 heterocycles. The Morgan fingerprint density at radius 1 is 0.857 bits per heavy atom. The van der Waals surface area contributed by atoms with Gasteiger partial charge in [0.05, 0.1) is 18.0 Å². The number of ether oxygens (including phenoxy) is 2. The molecule has 1 fully saturated rings. The number of carbonyl (C=O) groups excluding carboxylic acids is 2. The lowest BCUT2D eigenvalue weighted by molar-refractivity contribution is -0.120. The third-order valence-corrected chi connectivity index (χ3v) is 5.51. The quantitative estimate of drug-likeness (QED) is 0.274. The molecule has 174 valence electrons. The lowest BCUT2D eigenvalue weighted by Crippen LogP contribution is -2.56. The van der Waals surface area contributed by atoms with Gasteiger partial charge in [0, 0.05) is 0 Å². The van der Waals surface area contributed by atoms with E-state index in [0.717, 1.165) is 0 Å². The van der Waals surface area contributed by atoms with Gasteiger partial charge in [-0.25, -0.2) is 0 Å². The summed E-state index contributed by atoms with van der Waals surface area (Å²) in [5, 5.41) is 8.89. The Morgan fingerprint density at radius 2 is 1.43 bits per heavy atom. The van der Waals surface area contributed by atoms with Crippen LogP contribution in [0.3, 0.4) is 0 Å². The minimum absolute atomic E-state index is 0.0561. The predicted octanol–water partition coefficient (Wildman–Crippen LogP) is 4.74. The number of para-hydroxylation sites is 2. The Bertz CT molecular complexity index is 1270. The average molecular weight is 484 g/mol. The molecule has 0 saturated carbocycles. The molecule has 0 atom stereocenters. The minimum atomic E-state index is -0.527. The Labute approximate surface area is 208 Å². The number of benzene rings is 3.